The number of anilines is 1. The Morgan fingerprint density at radius 2 is 1.55 bits per heavy atom. The first kappa shape index (κ1) is 18.9. The summed E-state index contributed by atoms with van der Waals surface area (Å²) in [5, 5.41) is 3.02. The maximum absolute atomic E-state index is 11.9. The number of alkyl halides is 1. The van der Waals surface area contributed by atoms with Crippen LogP contribution in [0.1, 0.15) is 59.1 Å². The summed E-state index contributed by atoms with van der Waals surface area (Å²) in [6.07, 6.45) is -0.100. The number of rotatable bonds is 4. The van der Waals surface area contributed by atoms with Crippen molar-refractivity contribution < 1.29 is 9.59 Å². The van der Waals surface area contributed by atoms with Gasteiger partial charge in [-0.2, -0.15) is 0 Å². The normalized spacial score (nSPS) is 12.1. The first-order valence-corrected chi connectivity index (χ1v) is 8.60. The fraction of sp³-hybridized carbons (Fsp3) is 0.556. The Labute approximate surface area is 142 Å². The summed E-state index contributed by atoms with van der Waals surface area (Å²) >= 11 is 3.07. The van der Waals surface area contributed by atoms with Gasteiger partial charge in [0.2, 0.25) is 5.91 Å². The van der Waals surface area contributed by atoms with E-state index in [1.54, 1.807) is 0 Å². The van der Waals surface area contributed by atoms with E-state index < -0.39 is 0 Å². The Hall–Kier alpha value is -1.16. The molecule has 3 nitrogen and oxygen atoms in total. The molecule has 1 aromatic rings. The quantitative estimate of drug-likeness (QED) is 0.625. The van der Waals surface area contributed by atoms with Gasteiger partial charge < -0.3 is 5.32 Å². The maximum atomic E-state index is 11.9. The first-order chi connectivity index (χ1) is 9.95. The van der Waals surface area contributed by atoms with E-state index in [0.29, 0.717) is 0 Å². The molecule has 0 atom stereocenters. The van der Waals surface area contributed by atoms with Crippen LogP contribution in [0.15, 0.2) is 18.2 Å². The third kappa shape index (κ3) is 5.24. The largest absolute Gasteiger partial charge is 0.326 e. The summed E-state index contributed by atoms with van der Waals surface area (Å²) in [5.74, 6) is -0.396. The Morgan fingerprint density at radius 1 is 1.00 bits per heavy atom. The van der Waals surface area contributed by atoms with Crippen LogP contribution in [-0.4, -0.2) is 17.0 Å². The molecule has 0 saturated heterocycles. The van der Waals surface area contributed by atoms with Crippen LogP contribution in [0.25, 0.3) is 0 Å². The molecule has 0 aliphatic rings. The lowest BCUT2D eigenvalue weighted by Crippen LogP contribution is -2.23. The molecular formula is C18H26BrNO2. The van der Waals surface area contributed by atoms with Crippen LogP contribution in [0.4, 0.5) is 5.69 Å². The van der Waals surface area contributed by atoms with Crippen LogP contribution in [0.2, 0.25) is 0 Å². The van der Waals surface area contributed by atoms with E-state index in [4.69, 9.17) is 0 Å². The van der Waals surface area contributed by atoms with Gasteiger partial charge in [-0.3, -0.25) is 9.59 Å². The van der Waals surface area contributed by atoms with E-state index in [2.05, 4.69) is 68.9 Å². The monoisotopic (exact) mass is 367 g/mol. The van der Waals surface area contributed by atoms with Crippen LogP contribution < -0.4 is 5.32 Å². The van der Waals surface area contributed by atoms with E-state index in [0.717, 1.165) is 5.69 Å². The van der Waals surface area contributed by atoms with E-state index in [9.17, 15) is 9.59 Å². The molecule has 1 aromatic carbocycles. The van der Waals surface area contributed by atoms with Crippen molar-refractivity contribution in [3.05, 3.63) is 29.3 Å². The van der Waals surface area contributed by atoms with Gasteiger partial charge in [-0.1, -0.05) is 63.5 Å². The number of carbonyl (C=O) groups excluding carboxylic acids is 2. The number of Topliss-reactive ketones (excluding diaryl/α,β-unsaturated/α-hetero) is 1. The maximum Gasteiger partial charge on any atom is 0.231 e. The number of benzene rings is 1. The number of ketones is 1. The van der Waals surface area contributed by atoms with E-state index in [1.807, 2.05) is 12.1 Å². The van der Waals surface area contributed by atoms with Gasteiger partial charge in [0.15, 0.2) is 5.78 Å². The minimum Gasteiger partial charge on any atom is -0.326 e. The summed E-state index contributed by atoms with van der Waals surface area (Å²) in [7, 11) is 0. The van der Waals surface area contributed by atoms with Crippen molar-refractivity contribution in [1.82, 2.24) is 0 Å². The predicted molar refractivity (Wildman–Crippen MR) is 95.9 cm³/mol. The van der Waals surface area contributed by atoms with Crippen LogP contribution in [0.3, 0.4) is 0 Å². The smallest absolute Gasteiger partial charge is 0.231 e. The predicted octanol–water partition coefficient (Wildman–Crippen LogP) is 4.57. The van der Waals surface area contributed by atoms with E-state index >= 15 is 0 Å². The molecule has 0 aromatic heterocycles. The third-order valence-electron chi connectivity index (χ3n) is 3.43. The Bertz CT molecular complexity index is 565. The molecule has 0 bridgehead atoms. The molecule has 0 spiro atoms. The molecule has 0 radical (unpaired) electrons. The topological polar surface area (TPSA) is 46.2 Å². The summed E-state index contributed by atoms with van der Waals surface area (Å²) in [5.41, 5.74) is 3.25. The molecule has 1 N–H and O–H groups in total. The summed E-state index contributed by atoms with van der Waals surface area (Å²) in [6, 6.07) is 6.01. The molecular weight excluding hydrogens is 342 g/mol. The van der Waals surface area contributed by atoms with Gasteiger partial charge in [0, 0.05) is 5.69 Å². The lowest BCUT2D eigenvalue weighted by Gasteiger charge is -2.30. The van der Waals surface area contributed by atoms with Crippen molar-refractivity contribution in [3.63, 3.8) is 0 Å². The summed E-state index contributed by atoms with van der Waals surface area (Å²) < 4.78 is 0. The standard InChI is InChI=1S/C18H26BrNO2/c1-17(2,3)14-8-7-12(9-15(14)18(4,5)6)20-16(22)10-13(21)11-19/h7-9H,10-11H2,1-6H3,(H,20,22). The van der Waals surface area contributed by atoms with Crippen molar-refractivity contribution in [2.75, 3.05) is 10.6 Å². The van der Waals surface area contributed by atoms with Gasteiger partial charge in [0.1, 0.15) is 0 Å². The zero-order valence-electron chi connectivity index (χ0n) is 14.3. The number of hydrogen-bond donors (Lipinski definition) is 1. The molecule has 4 heteroatoms. The van der Waals surface area contributed by atoms with Gasteiger partial charge in [-0.05, 0) is 34.1 Å². The molecule has 0 aliphatic heterocycles. The zero-order chi connectivity index (χ0) is 17.1. The lowest BCUT2D eigenvalue weighted by molar-refractivity contribution is -0.123. The van der Waals surface area contributed by atoms with Crippen LogP contribution in [0, 0.1) is 0 Å². The second kappa shape index (κ2) is 6.95. The van der Waals surface area contributed by atoms with Crippen LogP contribution in [-0.2, 0) is 20.4 Å². The fourth-order valence-electron chi connectivity index (χ4n) is 2.33. The van der Waals surface area contributed by atoms with Crippen LogP contribution >= 0.6 is 15.9 Å². The number of carbonyl (C=O) groups is 2. The highest BCUT2D eigenvalue weighted by Gasteiger charge is 2.25. The number of nitrogens with one attached hydrogen (secondary N) is 1. The molecule has 0 saturated carbocycles. The zero-order valence-corrected chi connectivity index (χ0v) is 15.9. The molecule has 1 amide bonds. The SMILES string of the molecule is CC(C)(C)c1ccc(NC(=O)CC(=O)CBr)cc1C(C)(C)C. The Balaban J connectivity index is 3.10. The van der Waals surface area contributed by atoms with Crippen molar-refractivity contribution in [3.8, 4) is 0 Å². The van der Waals surface area contributed by atoms with Crippen molar-refractivity contribution in [2.24, 2.45) is 0 Å². The highest BCUT2D eigenvalue weighted by molar-refractivity contribution is 9.09. The molecule has 0 fully saturated rings. The van der Waals surface area contributed by atoms with Crippen molar-refractivity contribution in [2.45, 2.75) is 58.8 Å². The summed E-state index contributed by atoms with van der Waals surface area (Å²) in [4.78, 5) is 23.2. The number of hydrogen-bond acceptors (Lipinski definition) is 2. The van der Waals surface area contributed by atoms with Gasteiger partial charge >= 0.3 is 0 Å². The Morgan fingerprint density at radius 3 is 2.00 bits per heavy atom. The van der Waals surface area contributed by atoms with Gasteiger partial charge in [-0.25, -0.2) is 0 Å². The Kier molecular flexibility index (Phi) is 5.96. The second-order valence-corrected chi connectivity index (χ2v) is 8.22. The highest BCUT2D eigenvalue weighted by atomic mass is 79.9. The summed E-state index contributed by atoms with van der Waals surface area (Å²) in [6.45, 7) is 13.0. The van der Waals surface area contributed by atoms with Gasteiger partial charge in [0.25, 0.3) is 0 Å². The molecule has 122 valence electrons. The molecule has 22 heavy (non-hydrogen) atoms. The van der Waals surface area contributed by atoms with Crippen molar-refractivity contribution >= 4 is 33.3 Å². The molecule has 0 aliphatic carbocycles. The molecule has 0 heterocycles. The lowest BCUT2D eigenvalue weighted by atomic mass is 9.75. The average molecular weight is 368 g/mol. The van der Waals surface area contributed by atoms with Crippen LogP contribution in [0.5, 0.6) is 0 Å². The fourth-order valence-corrected chi connectivity index (χ4v) is 2.53. The van der Waals surface area contributed by atoms with E-state index in [-0.39, 0.29) is 34.3 Å². The van der Waals surface area contributed by atoms with E-state index in [1.165, 1.54) is 11.1 Å². The number of halogens is 1. The van der Waals surface area contributed by atoms with Gasteiger partial charge in [-0.15, -0.1) is 0 Å². The highest BCUT2D eigenvalue weighted by Crippen LogP contribution is 2.35. The van der Waals surface area contributed by atoms with Gasteiger partial charge in [0.05, 0.1) is 11.8 Å². The first-order valence-electron chi connectivity index (χ1n) is 7.47. The molecule has 1 rings (SSSR count). The third-order valence-corrected chi connectivity index (χ3v) is 4.05. The second-order valence-electron chi connectivity index (χ2n) is 7.66. The molecule has 0 unspecified atom stereocenters. The van der Waals surface area contributed by atoms with Crippen molar-refractivity contribution in [1.29, 1.82) is 0 Å². The minimum atomic E-state index is -0.271. The number of amides is 1. The average Bonchev–Trinajstić information content (AvgIpc) is 2.35. The minimum absolute atomic E-state index is 0.0188.